The first kappa shape index (κ1) is 14.5. The van der Waals surface area contributed by atoms with E-state index in [1.165, 1.54) is 0 Å². The molecule has 0 aliphatic heterocycles. The summed E-state index contributed by atoms with van der Waals surface area (Å²) in [6.07, 6.45) is 4.84. The second-order valence-electron chi connectivity index (χ2n) is 4.69. The van der Waals surface area contributed by atoms with Gasteiger partial charge < -0.3 is 5.11 Å². The van der Waals surface area contributed by atoms with Crippen molar-refractivity contribution in [2.24, 2.45) is 0 Å². The molecule has 1 aromatic carbocycles. The average Bonchev–Trinajstić information content (AvgIpc) is 2.92. The first-order chi connectivity index (χ1) is 9.65. The molecule has 0 aliphatic carbocycles. The van der Waals surface area contributed by atoms with Crippen molar-refractivity contribution in [3.05, 3.63) is 52.0 Å². The zero-order chi connectivity index (χ0) is 14.4. The van der Waals surface area contributed by atoms with Crippen molar-refractivity contribution in [1.29, 1.82) is 0 Å². The van der Waals surface area contributed by atoms with Crippen molar-refractivity contribution in [3.63, 3.8) is 0 Å². The lowest BCUT2D eigenvalue weighted by molar-refractivity contribution is -0.137. The van der Waals surface area contributed by atoms with Gasteiger partial charge in [-0.2, -0.15) is 0 Å². The van der Waals surface area contributed by atoms with E-state index in [0.29, 0.717) is 6.42 Å². The standard InChI is InChI=1S/C16H17NO2S/c1-12(7-10-16(18)19)14-11-20-15(17-14)9-8-13-5-3-2-4-6-13/h2-6,8-9,11-12H,7,10H2,1H3,(H,18,19)/b9-8+. The summed E-state index contributed by atoms with van der Waals surface area (Å²) in [5.74, 6) is -0.572. The van der Waals surface area contributed by atoms with Crippen molar-refractivity contribution >= 4 is 29.5 Å². The molecular weight excluding hydrogens is 270 g/mol. The van der Waals surface area contributed by atoms with Gasteiger partial charge in [-0.25, -0.2) is 4.98 Å². The Bertz CT molecular complexity index is 590. The number of carboxylic acid groups (broad SMARTS) is 1. The number of nitrogens with zero attached hydrogens (tertiary/aromatic N) is 1. The molecule has 1 heterocycles. The van der Waals surface area contributed by atoms with Crippen LogP contribution in [-0.2, 0) is 4.79 Å². The van der Waals surface area contributed by atoms with Crippen LogP contribution in [0.25, 0.3) is 12.2 Å². The van der Waals surface area contributed by atoms with E-state index >= 15 is 0 Å². The lowest BCUT2D eigenvalue weighted by Crippen LogP contribution is -2.00. The fraction of sp³-hybridized carbons (Fsp3) is 0.250. The molecule has 3 nitrogen and oxygen atoms in total. The van der Waals surface area contributed by atoms with E-state index in [1.54, 1.807) is 11.3 Å². The van der Waals surface area contributed by atoms with Crippen molar-refractivity contribution in [3.8, 4) is 0 Å². The molecule has 2 rings (SSSR count). The third kappa shape index (κ3) is 4.31. The monoisotopic (exact) mass is 287 g/mol. The third-order valence-electron chi connectivity index (χ3n) is 3.05. The maximum Gasteiger partial charge on any atom is 0.303 e. The SMILES string of the molecule is CC(CCC(=O)O)c1csc(/C=C/c2ccccc2)n1. The Hall–Kier alpha value is -1.94. The molecule has 0 bridgehead atoms. The number of aliphatic carboxylic acids is 1. The van der Waals surface area contributed by atoms with Gasteiger partial charge in [0.15, 0.2) is 0 Å². The molecule has 20 heavy (non-hydrogen) atoms. The quantitative estimate of drug-likeness (QED) is 0.862. The van der Waals surface area contributed by atoms with Crippen LogP contribution in [0.15, 0.2) is 35.7 Å². The predicted octanol–water partition coefficient (Wildman–Crippen LogP) is 4.28. The van der Waals surface area contributed by atoms with Crippen LogP contribution in [-0.4, -0.2) is 16.1 Å². The van der Waals surface area contributed by atoms with Crippen LogP contribution in [0.5, 0.6) is 0 Å². The third-order valence-corrected chi connectivity index (χ3v) is 3.88. The van der Waals surface area contributed by atoms with E-state index in [-0.39, 0.29) is 12.3 Å². The number of thiazole rings is 1. The van der Waals surface area contributed by atoms with Crippen molar-refractivity contribution in [2.75, 3.05) is 0 Å². The van der Waals surface area contributed by atoms with Crippen LogP contribution in [0.3, 0.4) is 0 Å². The molecule has 4 heteroatoms. The maximum atomic E-state index is 10.6. The van der Waals surface area contributed by atoms with Gasteiger partial charge in [0, 0.05) is 11.8 Å². The molecule has 1 N–H and O–H groups in total. The normalized spacial score (nSPS) is 12.7. The highest BCUT2D eigenvalue weighted by molar-refractivity contribution is 7.10. The Kier molecular flexibility index (Phi) is 5.07. The maximum absolute atomic E-state index is 10.6. The molecule has 0 saturated carbocycles. The zero-order valence-electron chi connectivity index (χ0n) is 11.3. The Morgan fingerprint density at radius 3 is 2.80 bits per heavy atom. The van der Waals surface area contributed by atoms with Crippen molar-refractivity contribution < 1.29 is 9.90 Å². The van der Waals surface area contributed by atoms with Gasteiger partial charge in [0.2, 0.25) is 0 Å². The second-order valence-corrected chi connectivity index (χ2v) is 5.58. The largest absolute Gasteiger partial charge is 0.481 e. The summed E-state index contributed by atoms with van der Waals surface area (Å²) in [7, 11) is 0. The number of hydrogen-bond donors (Lipinski definition) is 1. The van der Waals surface area contributed by atoms with E-state index < -0.39 is 5.97 Å². The Balaban J connectivity index is 1.98. The summed E-state index contributed by atoms with van der Waals surface area (Å²) in [4.78, 5) is 15.1. The van der Waals surface area contributed by atoms with Gasteiger partial charge in [-0.05, 0) is 24.0 Å². The topological polar surface area (TPSA) is 50.2 Å². The summed E-state index contributed by atoms with van der Waals surface area (Å²) in [6, 6.07) is 10.1. The summed E-state index contributed by atoms with van der Waals surface area (Å²) < 4.78 is 0. The van der Waals surface area contributed by atoms with Crippen LogP contribution < -0.4 is 0 Å². The average molecular weight is 287 g/mol. The Morgan fingerprint density at radius 2 is 2.10 bits per heavy atom. The summed E-state index contributed by atoms with van der Waals surface area (Å²) in [5, 5.41) is 11.7. The second kappa shape index (κ2) is 7.01. The Morgan fingerprint density at radius 1 is 1.35 bits per heavy atom. The number of hydrogen-bond acceptors (Lipinski definition) is 3. The van der Waals surface area contributed by atoms with E-state index in [1.807, 2.05) is 54.8 Å². The molecule has 0 spiro atoms. The minimum absolute atomic E-state index is 0.182. The van der Waals surface area contributed by atoms with E-state index in [9.17, 15) is 4.79 Å². The fourth-order valence-electron chi connectivity index (χ4n) is 1.82. The molecule has 104 valence electrons. The highest BCUT2D eigenvalue weighted by Crippen LogP contribution is 2.23. The summed E-state index contributed by atoms with van der Waals surface area (Å²) in [5.41, 5.74) is 2.12. The number of benzene rings is 1. The van der Waals surface area contributed by atoms with Gasteiger partial charge >= 0.3 is 5.97 Å². The van der Waals surface area contributed by atoms with Gasteiger partial charge in [-0.15, -0.1) is 11.3 Å². The number of carbonyl (C=O) groups is 1. The molecule has 0 radical (unpaired) electrons. The van der Waals surface area contributed by atoms with Crippen LogP contribution in [0.4, 0.5) is 0 Å². The molecule has 0 saturated heterocycles. The van der Waals surface area contributed by atoms with Gasteiger partial charge in [0.25, 0.3) is 0 Å². The lowest BCUT2D eigenvalue weighted by Gasteiger charge is -2.05. The molecule has 1 atom stereocenters. The van der Waals surface area contributed by atoms with Crippen LogP contribution in [0, 0.1) is 0 Å². The molecule has 0 fully saturated rings. The number of aromatic nitrogens is 1. The van der Waals surface area contributed by atoms with Gasteiger partial charge in [0.1, 0.15) is 5.01 Å². The van der Waals surface area contributed by atoms with Gasteiger partial charge in [-0.1, -0.05) is 43.3 Å². The predicted molar refractivity (Wildman–Crippen MR) is 82.8 cm³/mol. The zero-order valence-corrected chi connectivity index (χ0v) is 12.1. The van der Waals surface area contributed by atoms with Gasteiger partial charge in [0.05, 0.1) is 5.69 Å². The van der Waals surface area contributed by atoms with E-state index in [2.05, 4.69) is 4.98 Å². The smallest absolute Gasteiger partial charge is 0.303 e. The Labute approximate surface area is 122 Å². The highest BCUT2D eigenvalue weighted by atomic mass is 32.1. The number of carboxylic acids is 1. The fourth-order valence-corrected chi connectivity index (χ4v) is 2.65. The first-order valence-corrected chi connectivity index (χ1v) is 7.43. The van der Waals surface area contributed by atoms with Gasteiger partial charge in [-0.3, -0.25) is 4.79 Å². The van der Waals surface area contributed by atoms with Crippen LogP contribution >= 0.6 is 11.3 Å². The first-order valence-electron chi connectivity index (χ1n) is 6.55. The molecule has 0 aliphatic rings. The molecule has 2 aromatic rings. The lowest BCUT2D eigenvalue weighted by atomic mass is 10.0. The van der Waals surface area contributed by atoms with Crippen LogP contribution in [0.2, 0.25) is 0 Å². The summed E-state index contributed by atoms with van der Waals surface area (Å²) >= 11 is 1.59. The van der Waals surface area contributed by atoms with Crippen molar-refractivity contribution in [2.45, 2.75) is 25.7 Å². The minimum Gasteiger partial charge on any atom is -0.481 e. The van der Waals surface area contributed by atoms with Crippen LogP contribution in [0.1, 0.15) is 41.9 Å². The highest BCUT2D eigenvalue weighted by Gasteiger charge is 2.11. The molecule has 0 amide bonds. The van der Waals surface area contributed by atoms with E-state index in [4.69, 9.17) is 5.11 Å². The number of rotatable bonds is 6. The molecular formula is C16H17NO2S. The molecule has 1 unspecified atom stereocenters. The van der Waals surface area contributed by atoms with E-state index in [0.717, 1.165) is 16.3 Å². The minimum atomic E-state index is -0.753. The van der Waals surface area contributed by atoms with Crippen molar-refractivity contribution in [1.82, 2.24) is 4.98 Å². The molecule has 1 aromatic heterocycles. The summed E-state index contributed by atoms with van der Waals surface area (Å²) in [6.45, 7) is 2.02.